The van der Waals surface area contributed by atoms with E-state index >= 15 is 0 Å². The molecule has 0 bridgehead atoms. The summed E-state index contributed by atoms with van der Waals surface area (Å²) in [7, 11) is 0. The second-order valence-electron chi connectivity index (χ2n) is 9.41. The summed E-state index contributed by atoms with van der Waals surface area (Å²) in [6.07, 6.45) is 12.1. The molecule has 0 aromatic heterocycles. The summed E-state index contributed by atoms with van der Waals surface area (Å²) >= 11 is 0. The fourth-order valence-electron chi connectivity index (χ4n) is 4.51. The number of hydrogen-bond acceptors (Lipinski definition) is 5. The summed E-state index contributed by atoms with van der Waals surface area (Å²) in [5.74, 6) is 9.90. The van der Waals surface area contributed by atoms with Gasteiger partial charge < -0.3 is 5.11 Å². The minimum absolute atomic E-state index is 0.0451. The average Bonchev–Trinajstić information content (AvgIpc) is 2.77. The van der Waals surface area contributed by atoms with Gasteiger partial charge in [0.15, 0.2) is 5.54 Å². The highest BCUT2D eigenvalue weighted by Gasteiger charge is 2.51. The van der Waals surface area contributed by atoms with Crippen LogP contribution >= 0.6 is 0 Å². The summed E-state index contributed by atoms with van der Waals surface area (Å²) in [4.78, 5) is 35.2. The fourth-order valence-corrected chi connectivity index (χ4v) is 4.51. The van der Waals surface area contributed by atoms with Crippen molar-refractivity contribution >= 4 is 17.8 Å². The van der Waals surface area contributed by atoms with Gasteiger partial charge in [0.05, 0.1) is 0 Å². The molecule has 0 aromatic carbocycles. The highest BCUT2D eigenvalue weighted by atomic mass is 16.4. The molecule has 1 aliphatic carbocycles. The number of carboxylic acids is 1. The minimum Gasteiger partial charge on any atom is -0.479 e. The largest absolute Gasteiger partial charge is 0.479 e. The first-order chi connectivity index (χ1) is 15.2. The SMILES string of the molecule is CCCCCC(=O)N(N)C(CC(C)C)(C(=O)O)C1CCCCC1.CCCCCC(=O)NN. The average molecular weight is 457 g/mol. The van der Waals surface area contributed by atoms with Gasteiger partial charge in [-0.3, -0.25) is 20.0 Å². The van der Waals surface area contributed by atoms with E-state index in [2.05, 4.69) is 19.3 Å². The van der Waals surface area contributed by atoms with Gasteiger partial charge >= 0.3 is 5.97 Å². The molecular weight excluding hydrogens is 408 g/mol. The van der Waals surface area contributed by atoms with Crippen molar-refractivity contribution in [2.75, 3.05) is 0 Å². The Morgan fingerprint density at radius 1 is 1.00 bits per heavy atom. The van der Waals surface area contributed by atoms with Crippen molar-refractivity contribution in [1.82, 2.24) is 10.4 Å². The summed E-state index contributed by atoms with van der Waals surface area (Å²) in [5.41, 5.74) is 0.833. The first-order valence-corrected chi connectivity index (χ1v) is 12.5. The summed E-state index contributed by atoms with van der Waals surface area (Å²) in [6.45, 7) is 8.17. The van der Waals surface area contributed by atoms with Crippen LogP contribution in [0.5, 0.6) is 0 Å². The Balaban J connectivity index is 0.000000900. The molecule has 0 aliphatic heterocycles. The Bertz CT molecular complexity index is 550. The van der Waals surface area contributed by atoms with Gasteiger partial charge in [-0.2, -0.15) is 0 Å². The monoisotopic (exact) mass is 456 g/mol. The number of hydrazine groups is 2. The third kappa shape index (κ3) is 10.3. The number of nitrogens with one attached hydrogen (secondary N) is 1. The van der Waals surface area contributed by atoms with Crippen molar-refractivity contribution < 1.29 is 19.5 Å². The van der Waals surface area contributed by atoms with Crippen LogP contribution in [-0.4, -0.2) is 33.4 Å². The third-order valence-corrected chi connectivity index (χ3v) is 6.23. The van der Waals surface area contributed by atoms with Gasteiger partial charge in [-0.1, -0.05) is 72.6 Å². The molecule has 1 saturated carbocycles. The first-order valence-electron chi connectivity index (χ1n) is 12.5. The van der Waals surface area contributed by atoms with Crippen LogP contribution in [0, 0.1) is 11.8 Å². The van der Waals surface area contributed by atoms with E-state index in [0.717, 1.165) is 75.6 Å². The molecule has 1 unspecified atom stereocenters. The molecule has 0 aromatic rings. The Kier molecular flexibility index (Phi) is 16.0. The molecule has 188 valence electrons. The van der Waals surface area contributed by atoms with E-state index in [9.17, 15) is 19.5 Å². The van der Waals surface area contributed by atoms with E-state index in [0.29, 0.717) is 19.3 Å². The smallest absolute Gasteiger partial charge is 0.331 e. The molecule has 8 heteroatoms. The van der Waals surface area contributed by atoms with E-state index in [-0.39, 0.29) is 23.7 Å². The van der Waals surface area contributed by atoms with Gasteiger partial charge in [-0.15, -0.1) is 0 Å². The third-order valence-electron chi connectivity index (χ3n) is 6.23. The van der Waals surface area contributed by atoms with Crippen molar-refractivity contribution in [3.05, 3.63) is 0 Å². The number of nitrogens with zero attached hydrogens (tertiary/aromatic N) is 1. The molecule has 0 saturated heterocycles. The van der Waals surface area contributed by atoms with Crippen molar-refractivity contribution in [3.63, 3.8) is 0 Å². The number of unbranched alkanes of at least 4 members (excludes halogenated alkanes) is 4. The van der Waals surface area contributed by atoms with Gasteiger partial charge in [0.25, 0.3) is 0 Å². The maximum atomic E-state index is 12.5. The molecule has 6 N–H and O–H groups in total. The van der Waals surface area contributed by atoms with E-state index in [4.69, 9.17) is 11.7 Å². The van der Waals surface area contributed by atoms with Crippen molar-refractivity contribution in [2.45, 2.75) is 123 Å². The van der Waals surface area contributed by atoms with E-state index in [1.807, 2.05) is 13.8 Å². The number of carbonyl (C=O) groups excluding carboxylic acids is 2. The van der Waals surface area contributed by atoms with E-state index in [1.54, 1.807) is 0 Å². The van der Waals surface area contributed by atoms with Gasteiger partial charge in [0.1, 0.15) is 0 Å². The van der Waals surface area contributed by atoms with Gasteiger partial charge in [0.2, 0.25) is 11.8 Å². The van der Waals surface area contributed by atoms with Crippen molar-refractivity contribution in [2.24, 2.45) is 23.5 Å². The van der Waals surface area contributed by atoms with E-state index < -0.39 is 11.5 Å². The van der Waals surface area contributed by atoms with Crippen molar-refractivity contribution in [1.29, 1.82) is 0 Å². The number of hydrogen-bond donors (Lipinski definition) is 4. The number of amides is 2. The lowest BCUT2D eigenvalue weighted by Gasteiger charge is -2.45. The summed E-state index contributed by atoms with van der Waals surface area (Å²) < 4.78 is 0. The van der Waals surface area contributed by atoms with Crippen LogP contribution in [0.3, 0.4) is 0 Å². The van der Waals surface area contributed by atoms with Gasteiger partial charge in [-0.25, -0.2) is 16.5 Å². The van der Waals surface area contributed by atoms with Crippen LogP contribution in [0.25, 0.3) is 0 Å². The number of carbonyl (C=O) groups is 3. The van der Waals surface area contributed by atoms with Gasteiger partial charge in [-0.05, 0) is 43.9 Å². The molecule has 1 aliphatic rings. The Morgan fingerprint density at radius 2 is 1.53 bits per heavy atom. The predicted octanol–water partition coefficient (Wildman–Crippen LogP) is 4.28. The Hall–Kier alpha value is -1.67. The molecule has 1 rings (SSSR count). The molecule has 0 heterocycles. The van der Waals surface area contributed by atoms with Crippen molar-refractivity contribution in [3.8, 4) is 0 Å². The first kappa shape index (κ1) is 30.3. The standard InChI is InChI=1S/C18H34N2O3.C6H14N2O/c1-4-5-7-12-16(21)20(19)18(17(22)23,13-14(2)3)15-10-8-6-9-11-15;1-2-3-4-5-6(9)8-7/h14-15H,4-13,19H2,1-3H3,(H,22,23);2-5,7H2,1H3,(H,8,9). The zero-order valence-corrected chi connectivity index (χ0v) is 20.8. The van der Waals surface area contributed by atoms with Gasteiger partial charge in [0, 0.05) is 12.8 Å². The lowest BCUT2D eigenvalue weighted by Crippen LogP contribution is -2.65. The zero-order chi connectivity index (χ0) is 24.6. The quantitative estimate of drug-likeness (QED) is 0.141. The molecule has 2 amide bonds. The normalized spacial score (nSPS) is 16.0. The second-order valence-corrected chi connectivity index (χ2v) is 9.41. The molecule has 0 radical (unpaired) electrons. The van der Waals surface area contributed by atoms with Crippen LogP contribution in [0.2, 0.25) is 0 Å². The summed E-state index contributed by atoms with van der Waals surface area (Å²) in [5, 5.41) is 11.1. The number of rotatable bonds is 13. The fraction of sp³-hybridized carbons (Fsp3) is 0.875. The highest BCUT2D eigenvalue weighted by molar-refractivity contribution is 5.87. The molecule has 32 heavy (non-hydrogen) atoms. The van der Waals surface area contributed by atoms with Crippen LogP contribution in [0.4, 0.5) is 0 Å². The van der Waals surface area contributed by atoms with Crippen LogP contribution < -0.4 is 17.1 Å². The number of carboxylic acid groups (broad SMARTS) is 1. The molecule has 0 spiro atoms. The lowest BCUT2D eigenvalue weighted by molar-refractivity contribution is -0.167. The molecule has 8 nitrogen and oxygen atoms in total. The van der Waals surface area contributed by atoms with Crippen LogP contribution in [0.1, 0.15) is 118 Å². The lowest BCUT2D eigenvalue weighted by atomic mass is 9.70. The molecule has 1 fully saturated rings. The Morgan fingerprint density at radius 3 is 1.97 bits per heavy atom. The zero-order valence-electron chi connectivity index (χ0n) is 20.8. The highest BCUT2D eigenvalue weighted by Crippen LogP contribution is 2.40. The minimum atomic E-state index is -1.25. The number of aliphatic carboxylic acids is 1. The van der Waals surface area contributed by atoms with E-state index in [1.165, 1.54) is 0 Å². The van der Waals surface area contributed by atoms with Crippen LogP contribution in [-0.2, 0) is 14.4 Å². The predicted molar refractivity (Wildman–Crippen MR) is 128 cm³/mol. The Labute approximate surface area is 194 Å². The molecular formula is C24H48N4O4. The molecule has 1 atom stereocenters. The maximum Gasteiger partial charge on any atom is 0.331 e. The second kappa shape index (κ2) is 16.9. The maximum absolute atomic E-state index is 12.5. The topological polar surface area (TPSA) is 139 Å². The summed E-state index contributed by atoms with van der Waals surface area (Å²) in [6, 6.07) is 0. The van der Waals surface area contributed by atoms with Crippen LogP contribution in [0.15, 0.2) is 0 Å². The number of nitrogens with two attached hydrogens (primary N) is 2.